The van der Waals surface area contributed by atoms with Gasteiger partial charge in [-0.25, -0.2) is 9.97 Å². The molecule has 7 heteroatoms. The fraction of sp³-hybridized carbons (Fsp3) is 0.480. The number of para-hydroxylation sites is 1. The van der Waals surface area contributed by atoms with Crippen LogP contribution in [0.3, 0.4) is 0 Å². The molecule has 1 N–H and O–H groups in total. The van der Waals surface area contributed by atoms with Crippen molar-refractivity contribution in [3.8, 4) is 12.5 Å². The van der Waals surface area contributed by atoms with Crippen molar-refractivity contribution in [1.29, 1.82) is 0 Å². The van der Waals surface area contributed by atoms with E-state index in [1.807, 2.05) is 58.9 Å². The molecular formula is C25H34N4O3. The summed E-state index contributed by atoms with van der Waals surface area (Å²) < 4.78 is 10.8. The maximum absolute atomic E-state index is 11.7. The van der Waals surface area contributed by atoms with E-state index < -0.39 is 0 Å². The molecule has 4 rings (SSSR count). The van der Waals surface area contributed by atoms with Crippen molar-refractivity contribution < 1.29 is 13.9 Å². The third-order valence-corrected chi connectivity index (χ3v) is 4.62. The fourth-order valence-electron chi connectivity index (χ4n) is 3.25. The van der Waals surface area contributed by atoms with Crippen LogP contribution in [-0.2, 0) is 16.0 Å². The van der Waals surface area contributed by atoms with Crippen molar-refractivity contribution in [2.75, 3.05) is 25.0 Å². The van der Waals surface area contributed by atoms with Crippen LogP contribution in [0.25, 0.3) is 22.1 Å². The number of amides is 1. The number of aromatic nitrogens is 2. The number of carbonyl (C=O) groups is 1. The normalized spacial score (nSPS) is 13.0. The molecule has 0 unspecified atom stereocenters. The summed E-state index contributed by atoms with van der Waals surface area (Å²) in [5.74, 6) is 1.25. The van der Waals surface area contributed by atoms with Gasteiger partial charge in [0.1, 0.15) is 28.6 Å². The van der Waals surface area contributed by atoms with Crippen molar-refractivity contribution in [3.05, 3.63) is 30.1 Å². The number of nitrogens with one attached hydrogen (secondary N) is 1. The molecular weight excluding hydrogens is 404 g/mol. The lowest BCUT2D eigenvalue weighted by Crippen LogP contribution is -2.23. The van der Waals surface area contributed by atoms with Crippen molar-refractivity contribution in [2.45, 2.75) is 59.5 Å². The Balaban J connectivity index is 0.000000348. The molecule has 172 valence electrons. The molecule has 1 aliphatic heterocycles. The summed E-state index contributed by atoms with van der Waals surface area (Å²) in [6.07, 6.45) is 9.42. The van der Waals surface area contributed by atoms with Crippen LogP contribution < -0.4 is 10.2 Å². The first-order valence-electron chi connectivity index (χ1n) is 11.1. The van der Waals surface area contributed by atoms with Gasteiger partial charge in [-0.3, -0.25) is 4.79 Å². The van der Waals surface area contributed by atoms with E-state index in [4.69, 9.17) is 15.6 Å². The minimum atomic E-state index is -0.186. The van der Waals surface area contributed by atoms with E-state index in [-0.39, 0.29) is 17.9 Å². The second-order valence-electron chi connectivity index (χ2n) is 8.12. The minimum absolute atomic E-state index is 0.0930. The van der Waals surface area contributed by atoms with Gasteiger partial charge in [-0.05, 0) is 45.7 Å². The summed E-state index contributed by atoms with van der Waals surface area (Å²) in [5, 5.41) is 3.59. The Morgan fingerprint density at radius 2 is 1.88 bits per heavy atom. The van der Waals surface area contributed by atoms with E-state index in [1.54, 1.807) is 7.05 Å². The van der Waals surface area contributed by atoms with Gasteiger partial charge >= 0.3 is 0 Å². The summed E-state index contributed by atoms with van der Waals surface area (Å²) in [6, 6.07) is 7.83. The average Bonchev–Trinajstić information content (AvgIpc) is 3.42. The molecule has 2 aromatic heterocycles. The summed E-state index contributed by atoms with van der Waals surface area (Å²) in [4.78, 5) is 23.2. The first kappa shape index (κ1) is 25.0. The van der Waals surface area contributed by atoms with E-state index in [0.29, 0.717) is 11.4 Å². The van der Waals surface area contributed by atoms with Gasteiger partial charge in [0, 0.05) is 25.5 Å². The number of fused-ring (bicyclic) bond motifs is 3. The Bertz CT molecular complexity index is 1070. The zero-order valence-corrected chi connectivity index (χ0v) is 20.0. The highest BCUT2D eigenvalue weighted by Gasteiger charge is 2.22. The quantitative estimate of drug-likeness (QED) is 0.598. The van der Waals surface area contributed by atoms with Gasteiger partial charge in [0.15, 0.2) is 11.4 Å². The first-order valence-corrected chi connectivity index (χ1v) is 11.1. The maximum Gasteiger partial charge on any atom is 0.227 e. The first-order chi connectivity index (χ1) is 15.3. The SMILES string of the molecule is C#COC(C)(C)C.CC.CNC(=O)Cc1nc(N2CCCC2)c2oc3ccccc3c2n1. The predicted octanol–water partition coefficient (Wildman–Crippen LogP) is 4.68. The number of anilines is 1. The molecule has 0 saturated carbocycles. The third kappa shape index (κ3) is 6.36. The van der Waals surface area contributed by atoms with Crippen LogP contribution in [0, 0.1) is 12.5 Å². The lowest BCUT2D eigenvalue weighted by Gasteiger charge is -2.16. The van der Waals surface area contributed by atoms with Crippen molar-refractivity contribution >= 4 is 33.8 Å². The van der Waals surface area contributed by atoms with Crippen LogP contribution in [0.15, 0.2) is 28.7 Å². The molecule has 1 saturated heterocycles. The van der Waals surface area contributed by atoms with Crippen LogP contribution in [0.5, 0.6) is 0 Å². The molecule has 1 fully saturated rings. The average molecular weight is 439 g/mol. The Hall–Kier alpha value is -3.27. The standard InChI is InChI=1S/C17H18N4O2.C6H10O.C2H6/c1-18-14(22)10-13-19-15-11-6-2-3-7-12(11)23-16(15)17(20-13)21-8-4-5-9-21;1-5-7-6(2,3)4;1-2/h2-3,6-7H,4-5,8-10H2,1H3,(H,18,22);1H,2-4H3;1-2H3. The summed E-state index contributed by atoms with van der Waals surface area (Å²) >= 11 is 0. The van der Waals surface area contributed by atoms with Gasteiger partial charge in [0.25, 0.3) is 0 Å². The van der Waals surface area contributed by atoms with E-state index in [2.05, 4.69) is 26.3 Å². The number of furan rings is 1. The largest absolute Gasteiger partial charge is 0.450 e. The molecule has 1 aromatic carbocycles. The molecule has 0 radical (unpaired) electrons. The highest BCUT2D eigenvalue weighted by Crippen LogP contribution is 2.34. The Morgan fingerprint density at radius 3 is 2.44 bits per heavy atom. The topological polar surface area (TPSA) is 80.5 Å². The number of benzene rings is 1. The van der Waals surface area contributed by atoms with Crippen LogP contribution in [0.4, 0.5) is 5.82 Å². The zero-order chi connectivity index (χ0) is 23.7. The van der Waals surface area contributed by atoms with Crippen LogP contribution >= 0.6 is 0 Å². The van der Waals surface area contributed by atoms with Gasteiger partial charge in [-0.15, -0.1) is 0 Å². The van der Waals surface area contributed by atoms with Crippen LogP contribution in [-0.4, -0.2) is 41.6 Å². The van der Waals surface area contributed by atoms with Gasteiger partial charge in [-0.2, -0.15) is 0 Å². The number of carbonyl (C=O) groups excluding carboxylic acids is 1. The van der Waals surface area contributed by atoms with E-state index in [1.165, 1.54) is 0 Å². The smallest absolute Gasteiger partial charge is 0.227 e. The lowest BCUT2D eigenvalue weighted by atomic mass is 10.2. The highest BCUT2D eigenvalue weighted by molar-refractivity contribution is 6.05. The van der Waals surface area contributed by atoms with Gasteiger partial charge in [-0.1, -0.05) is 32.4 Å². The molecule has 0 atom stereocenters. The number of hydrogen-bond acceptors (Lipinski definition) is 6. The molecule has 32 heavy (non-hydrogen) atoms. The number of hydrogen-bond donors (Lipinski definition) is 1. The van der Waals surface area contributed by atoms with Crippen molar-refractivity contribution in [3.63, 3.8) is 0 Å². The summed E-state index contributed by atoms with van der Waals surface area (Å²) in [5.41, 5.74) is 2.12. The number of terminal acetylenes is 1. The molecule has 7 nitrogen and oxygen atoms in total. The molecule has 0 spiro atoms. The van der Waals surface area contributed by atoms with E-state index >= 15 is 0 Å². The van der Waals surface area contributed by atoms with E-state index in [9.17, 15) is 4.79 Å². The molecule has 1 amide bonds. The van der Waals surface area contributed by atoms with Crippen molar-refractivity contribution in [2.24, 2.45) is 0 Å². The molecule has 3 heterocycles. The molecule has 3 aromatic rings. The number of rotatable bonds is 3. The third-order valence-electron chi connectivity index (χ3n) is 4.62. The minimum Gasteiger partial charge on any atom is -0.450 e. The summed E-state index contributed by atoms with van der Waals surface area (Å²) in [6.45, 7) is 11.7. The maximum atomic E-state index is 11.7. The van der Waals surface area contributed by atoms with Crippen LogP contribution in [0.1, 0.15) is 53.3 Å². The number of likely N-dealkylation sites (N-methyl/N-ethyl adjacent to an activating group) is 1. The number of ether oxygens (including phenoxy) is 1. The zero-order valence-electron chi connectivity index (χ0n) is 20.0. The van der Waals surface area contributed by atoms with Gasteiger partial charge in [0.2, 0.25) is 5.91 Å². The van der Waals surface area contributed by atoms with Gasteiger partial charge < -0.3 is 19.4 Å². The molecule has 0 aliphatic carbocycles. The monoisotopic (exact) mass is 438 g/mol. The molecule has 1 aliphatic rings. The predicted molar refractivity (Wildman–Crippen MR) is 130 cm³/mol. The lowest BCUT2D eigenvalue weighted by molar-refractivity contribution is -0.120. The van der Waals surface area contributed by atoms with Crippen molar-refractivity contribution in [1.82, 2.24) is 15.3 Å². The Labute approximate surface area is 190 Å². The Morgan fingerprint density at radius 1 is 1.22 bits per heavy atom. The van der Waals surface area contributed by atoms with E-state index in [0.717, 1.165) is 48.2 Å². The second kappa shape index (κ2) is 11.4. The summed E-state index contributed by atoms with van der Waals surface area (Å²) in [7, 11) is 1.62. The molecule has 0 bridgehead atoms. The van der Waals surface area contributed by atoms with Crippen LogP contribution in [0.2, 0.25) is 0 Å². The fourth-order valence-corrected chi connectivity index (χ4v) is 3.25. The Kier molecular flexibility index (Phi) is 8.89. The second-order valence-corrected chi connectivity index (χ2v) is 8.12. The van der Waals surface area contributed by atoms with Gasteiger partial charge in [0.05, 0.1) is 6.42 Å². The highest BCUT2D eigenvalue weighted by atomic mass is 16.5. The number of nitrogens with zero attached hydrogens (tertiary/aromatic N) is 3.